The Bertz CT molecular complexity index is 435. The molecular formula is C15H25N3OS. The highest BCUT2D eigenvalue weighted by atomic mass is 32.1. The van der Waals surface area contributed by atoms with Crippen LogP contribution in [0.3, 0.4) is 0 Å². The van der Waals surface area contributed by atoms with Gasteiger partial charge in [-0.3, -0.25) is 0 Å². The summed E-state index contributed by atoms with van der Waals surface area (Å²) in [6.07, 6.45) is 0. The van der Waals surface area contributed by atoms with Crippen molar-refractivity contribution in [2.24, 2.45) is 0 Å². The summed E-state index contributed by atoms with van der Waals surface area (Å²) in [7, 11) is 5.80. The van der Waals surface area contributed by atoms with Gasteiger partial charge in [0.25, 0.3) is 0 Å². The molecule has 112 valence electrons. The lowest BCUT2D eigenvalue weighted by Crippen LogP contribution is -2.42. The normalized spacial score (nSPS) is 12.3. The van der Waals surface area contributed by atoms with E-state index in [0.29, 0.717) is 11.2 Å². The summed E-state index contributed by atoms with van der Waals surface area (Å²) in [4.78, 5) is 2.17. The van der Waals surface area contributed by atoms with Gasteiger partial charge < -0.3 is 20.3 Å². The molecule has 0 amide bonds. The molecule has 1 unspecified atom stereocenters. The van der Waals surface area contributed by atoms with Crippen molar-refractivity contribution in [1.82, 2.24) is 15.5 Å². The predicted octanol–water partition coefficient (Wildman–Crippen LogP) is 2.17. The first-order chi connectivity index (χ1) is 9.43. The molecule has 4 nitrogen and oxygen atoms in total. The third kappa shape index (κ3) is 5.35. The van der Waals surface area contributed by atoms with Crippen molar-refractivity contribution in [3.8, 4) is 5.75 Å². The topological polar surface area (TPSA) is 36.5 Å². The maximum atomic E-state index is 5.29. The largest absolute Gasteiger partial charge is 0.497 e. The zero-order valence-corrected chi connectivity index (χ0v) is 13.8. The fraction of sp³-hybridized carbons (Fsp3) is 0.533. The molecule has 0 bridgehead atoms. The summed E-state index contributed by atoms with van der Waals surface area (Å²) in [6.45, 7) is 4.89. The molecule has 1 aromatic rings. The van der Waals surface area contributed by atoms with Crippen LogP contribution in [0.25, 0.3) is 0 Å². The zero-order chi connectivity index (χ0) is 15.1. The van der Waals surface area contributed by atoms with Gasteiger partial charge in [-0.15, -0.1) is 0 Å². The number of rotatable bonds is 6. The van der Waals surface area contributed by atoms with Crippen molar-refractivity contribution in [3.05, 3.63) is 29.8 Å². The summed E-state index contributed by atoms with van der Waals surface area (Å²) in [5.41, 5.74) is 1.20. The van der Waals surface area contributed by atoms with Gasteiger partial charge >= 0.3 is 0 Å². The molecule has 0 heterocycles. The first-order valence-electron chi connectivity index (χ1n) is 6.78. The van der Waals surface area contributed by atoms with E-state index in [-0.39, 0.29) is 6.04 Å². The lowest BCUT2D eigenvalue weighted by atomic mass is 10.1. The van der Waals surface area contributed by atoms with Crippen LogP contribution in [0.4, 0.5) is 0 Å². The van der Waals surface area contributed by atoms with E-state index in [4.69, 9.17) is 17.0 Å². The van der Waals surface area contributed by atoms with Crippen LogP contribution in [0, 0.1) is 0 Å². The molecule has 0 aliphatic rings. The van der Waals surface area contributed by atoms with E-state index in [1.165, 1.54) is 5.56 Å². The number of hydrogen-bond acceptors (Lipinski definition) is 3. The van der Waals surface area contributed by atoms with E-state index >= 15 is 0 Å². The molecule has 2 N–H and O–H groups in total. The van der Waals surface area contributed by atoms with Crippen LogP contribution >= 0.6 is 12.2 Å². The SMILES string of the molecule is COc1cccc(C(CNC(=S)NC(C)C)N(C)C)c1. The van der Waals surface area contributed by atoms with E-state index in [1.807, 2.05) is 12.1 Å². The molecule has 0 spiro atoms. The third-order valence-electron chi connectivity index (χ3n) is 2.98. The number of thiocarbonyl (C=S) groups is 1. The Kier molecular flexibility index (Phi) is 6.75. The molecule has 0 fully saturated rings. The van der Waals surface area contributed by atoms with Crippen LogP contribution in [0.5, 0.6) is 5.75 Å². The van der Waals surface area contributed by atoms with Crippen LogP contribution in [-0.2, 0) is 0 Å². The van der Waals surface area contributed by atoms with Crippen molar-refractivity contribution >= 4 is 17.3 Å². The van der Waals surface area contributed by atoms with Gasteiger partial charge in [0, 0.05) is 12.6 Å². The van der Waals surface area contributed by atoms with Crippen molar-refractivity contribution in [2.75, 3.05) is 27.7 Å². The van der Waals surface area contributed by atoms with Gasteiger partial charge in [-0.1, -0.05) is 12.1 Å². The molecule has 20 heavy (non-hydrogen) atoms. The quantitative estimate of drug-likeness (QED) is 0.787. The van der Waals surface area contributed by atoms with Gasteiger partial charge in [-0.2, -0.15) is 0 Å². The standard InChI is InChI=1S/C15H25N3OS/c1-11(2)17-15(20)16-10-14(18(3)4)12-7-6-8-13(9-12)19-5/h6-9,11,14H,10H2,1-5H3,(H2,16,17,20). The number of ether oxygens (including phenoxy) is 1. The summed E-state index contributed by atoms with van der Waals surface area (Å²) < 4.78 is 5.29. The summed E-state index contributed by atoms with van der Waals surface area (Å²) in [6, 6.07) is 8.70. The fourth-order valence-corrected chi connectivity index (χ4v) is 2.27. The van der Waals surface area contributed by atoms with Crippen LogP contribution in [0.2, 0.25) is 0 Å². The minimum Gasteiger partial charge on any atom is -0.497 e. The second-order valence-corrected chi connectivity index (χ2v) is 5.67. The molecule has 0 aromatic heterocycles. The van der Waals surface area contributed by atoms with Crippen LogP contribution in [0.1, 0.15) is 25.5 Å². The molecule has 1 rings (SSSR count). The maximum absolute atomic E-state index is 5.29. The minimum atomic E-state index is 0.233. The lowest BCUT2D eigenvalue weighted by molar-refractivity contribution is 0.297. The van der Waals surface area contributed by atoms with Gasteiger partial charge in [0.2, 0.25) is 0 Å². The third-order valence-corrected chi connectivity index (χ3v) is 3.24. The number of nitrogens with zero attached hydrogens (tertiary/aromatic N) is 1. The Hall–Kier alpha value is -1.33. The number of methoxy groups -OCH3 is 1. The van der Waals surface area contributed by atoms with E-state index in [0.717, 1.165) is 12.3 Å². The number of benzene rings is 1. The Labute approximate surface area is 127 Å². The highest BCUT2D eigenvalue weighted by Gasteiger charge is 2.15. The highest BCUT2D eigenvalue weighted by molar-refractivity contribution is 7.80. The van der Waals surface area contributed by atoms with E-state index in [2.05, 4.69) is 55.6 Å². The van der Waals surface area contributed by atoms with E-state index in [1.54, 1.807) is 7.11 Å². The molecule has 5 heteroatoms. The second-order valence-electron chi connectivity index (χ2n) is 5.27. The van der Waals surface area contributed by atoms with Crippen molar-refractivity contribution in [2.45, 2.75) is 25.9 Å². The monoisotopic (exact) mass is 295 g/mol. The van der Waals surface area contributed by atoms with Gasteiger partial charge in [0.15, 0.2) is 5.11 Å². The molecule has 0 aliphatic carbocycles. The Morgan fingerprint density at radius 2 is 2.05 bits per heavy atom. The Morgan fingerprint density at radius 1 is 1.35 bits per heavy atom. The van der Waals surface area contributed by atoms with Crippen LogP contribution in [0.15, 0.2) is 24.3 Å². The predicted molar refractivity (Wildman–Crippen MR) is 88.3 cm³/mol. The van der Waals surface area contributed by atoms with Gasteiger partial charge in [-0.05, 0) is 57.9 Å². The number of hydrogen-bond donors (Lipinski definition) is 2. The van der Waals surface area contributed by atoms with Crippen LogP contribution < -0.4 is 15.4 Å². The highest BCUT2D eigenvalue weighted by Crippen LogP contribution is 2.21. The summed E-state index contributed by atoms with van der Waals surface area (Å²) in [5, 5.41) is 7.15. The molecular weight excluding hydrogens is 270 g/mol. The van der Waals surface area contributed by atoms with E-state index < -0.39 is 0 Å². The Balaban J connectivity index is 2.71. The minimum absolute atomic E-state index is 0.233. The smallest absolute Gasteiger partial charge is 0.166 e. The van der Waals surface area contributed by atoms with Crippen molar-refractivity contribution in [3.63, 3.8) is 0 Å². The molecule has 0 aliphatic heterocycles. The first kappa shape index (κ1) is 16.7. The second kappa shape index (κ2) is 8.07. The summed E-state index contributed by atoms with van der Waals surface area (Å²) >= 11 is 5.27. The fourth-order valence-electron chi connectivity index (χ4n) is 1.95. The number of likely N-dealkylation sites (N-methyl/N-ethyl adjacent to an activating group) is 1. The number of nitrogens with one attached hydrogen (secondary N) is 2. The Morgan fingerprint density at radius 3 is 2.60 bits per heavy atom. The molecule has 0 saturated heterocycles. The van der Waals surface area contributed by atoms with Gasteiger partial charge in [0.1, 0.15) is 5.75 Å². The first-order valence-corrected chi connectivity index (χ1v) is 7.19. The van der Waals surface area contributed by atoms with Crippen LogP contribution in [-0.4, -0.2) is 43.8 Å². The van der Waals surface area contributed by atoms with Gasteiger partial charge in [0.05, 0.1) is 13.2 Å². The average molecular weight is 295 g/mol. The van der Waals surface area contributed by atoms with Crippen molar-refractivity contribution in [1.29, 1.82) is 0 Å². The molecule has 1 aromatic carbocycles. The average Bonchev–Trinajstić information content (AvgIpc) is 2.38. The van der Waals surface area contributed by atoms with Crippen molar-refractivity contribution < 1.29 is 4.74 Å². The zero-order valence-electron chi connectivity index (χ0n) is 12.9. The van der Waals surface area contributed by atoms with Gasteiger partial charge in [-0.25, -0.2) is 0 Å². The maximum Gasteiger partial charge on any atom is 0.166 e. The molecule has 1 atom stereocenters. The lowest BCUT2D eigenvalue weighted by Gasteiger charge is -2.26. The summed E-state index contributed by atoms with van der Waals surface area (Å²) in [5.74, 6) is 0.872. The molecule has 0 radical (unpaired) electrons. The molecule has 0 saturated carbocycles. The van der Waals surface area contributed by atoms with E-state index in [9.17, 15) is 0 Å².